The first-order valence-electron chi connectivity index (χ1n) is 11.8. The quantitative estimate of drug-likeness (QED) is 0.546. The van der Waals surface area contributed by atoms with Crippen LogP contribution in [0.5, 0.6) is 0 Å². The molecule has 0 radical (unpaired) electrons. The second-order valence-electron chi connectivity index (χ2n) is 9.24. The highest BCUT2D eigenvalue weighted by atomic mass is 16.2. The Kier molecular flexibility index (Phi) is 8.21. The highest BCUT2D eigenvalue weighted by Gasteiger charge is 2.35. The summed E-state index contributed by atoms with van der Waals surface area (Å²) in [5.41, 5.74) is 2.82. The smallest absolute Gasteiger partial charge is 0.261 e. The molecule has 2 aromatic rings. The van der Waals surface area contributed by atoms with Gasteiger partial charge in [-0.1, -0.05) is 55.8 Å². The van der Waals surface area contributed by atoms with Gasteiger partial charge in [0.1, 0.15) is 6.04 Å². The molecule has 0 spiro atoms. The van der Waals surface area contributed by atoms with E-state index >= 15 is 0 Å². The number of fused-ring (bicyclic) bond motifs is 1. The summed E-state index contributed by atoms with van der Waals surface area (Å²) < 4.78 is 0. The van der Waals surface area contributed by atoms with Crippen molar-refractivity contribution < 1.29 is 19.2 Å². The molecule has 1 aliphatic rings. The Morgan fingerprint density at radius 1 is 0.971 bits per heavy atom. The molecule has 1 heterocycles. The first-order chi connectivity index (χ1) is 16.2. The molecule has 0 unspecified atom stereocenters. The number of nitrogens with one attached hydrogen (secondary N) is 1. The monoisotopic (exact) mass is 463 g/mol. The number of rotatable bonds is 10. The Morgan fingerprint density at radius 2 is 1.62 bits per heavy atom. The Labute approximate surface area is 201 Å². The number of carbonyl (C=O) groups excluding carboxylic acids is 4. The Balaban J connectivity index is 1.66. The fourth-order valence-electron chi connectivity index (χ4n) is 4.02. The molecule has 34 heavy (non-hydrogen) atoms. The Hall–Kier alpha value is -3.48. The summed E-state index contributed by atoms with van der Waals surface area (Å²) in [6.07, 6.45) is 0.454. The van der Waals surface area contributed by atoms with Crippen LogP contribution in [0.4, 0.5) is 0 Å². The van der Waals surface area contributed by atoms with Crippen molar-refractivity contribution in [2.24, 2.45) is 5.92 Å². The van der Waals surface area contributed by atoms with Gasteiger partial charge in [-0.2, -0.15) is 0 Å². The molecule has 0 bridgehead atoms. The highest BCUT2D eigenvalue weighted by molar-refractivity contribution is 6.21. The lowest BCUT2D eigenvalue weighted by atomic mass is 10.1. The molecule has 0 saturated heterocycles. The summed E-state index contributed by atoms with van der Waals surface area (Å²) in [6.45, 7) is 8.74. The van der Waals surface area contributed by atoms with E-state index in [1.807, 2.05) is 45.0 Å². The molecule has 3 rings (SSSR count). The van der Waals surface area contributed by atoms with Crippen LogP contribution >= 0.6 is 0 Å². The second-order valence-corrected chi connectivity index (χ2v) is 9.24. The van der Waals surface area contributed by atoms with Crippen LogP contribution in [0.25, 0.3) is 0 Å². The van der Waals surface area contributed by atoms with E-state index in [0.717, 1.165) is 11.1 Å². The van der Waals surface area contributed by atoms with Crippen molar-refractivity contribution >= 4 is 23.6 Å². The fourth-order valence-corrected chi connectivity index (χ4v) is 4.02. The predicted octanol–water partition coefficient (Wildman–Crippen LogP) is 3.56. The first kappa shape index (κ1) is 25.1. The minimum absolute atomic E-state index is 0.126. The van der Waals surface area contributed by atoms with Gasteiger partial charge in [0, 0.05) is 26.1 Å². The number of hydrogen-bond donors (Lipinski definition) is 1. The highest BCUT2D eigenvalue weighted by Crippen LogP contribution is 2.23. The van der Waals surface area contributed by atoms with E-state index in [9.17, 15) is 19.2 Å². The summed E-state index contributed by atoms with van der Waals surface area (Å²) in [5, 5.41) is 2.91. The summed E-state index contributed by atoms with van der Waals surface area (Å²) >= 11 is 0. The first-order valence-corrected chi connectivity index (χ1v) is 11.8. The van der Waals surface area contributed by atoms with E-state index in [1.54, 1.807) is 36.1 Å². The lowest BCUT2D eigenvalue weighted by Crippen LogP contribution is -2.48. The molecular formula is C27H33N3O4. The number of benzene rings is 2. The maximum Gasteiger partial charge on any atom is 0.261 e. The molecule has 7 heteroatoms. The van der Waals surface area contributed by atoms with E-state index in [2.05, 4.69) is 5.32 Å². The van der Waals surface area contributed by atoms with Crippen LogP contribution in [0.2, 0.25) is 0 Å². The normalized spacial score (nSPS) is 13.7. The van der Waals surface area contributed by atoms with Crippen LogP contribution in [0.1, 0.15) is 65.5 Å². The Bertz CT molecular complexity index is 1040. The minimum atomic E-state index is -0.647. The zero-order valence-electron chi connectivity index (χ0n) is 20.3. The molecule has 0 aromatic heterocycles. The SMILES string of the molecule is Cc1cccc(CN(C(=O)CCCN2C(=O)c3ccccc3C2=O)[C@@H](C)C(=O)NCC(C)C)c1. The molecule has 0 aliphatic carbocycles. The summed E-state index contributed by atoms with van der Waals surface area (Å²) in [4.78, 5) is 53.9. The maximum atomic E-state index is 13.2. The van der Waals surface area contributed by atoms with E-state index in [-0.39, 0.29) is 36.6 Å². The maximum absolute atomic E-state index is 13.2. The third-order valence-electron chi connectivity index (χ3n) is 5.94. The zero-order valence-corrected chi connectivity index (χ0v) is 20.3. The van der Waals surface area contributed by atoms with Gasteiger partial charge >= 0.3 is 0 Å². The van der Waals surface area contributed by atoms with Crippen LogP contribution in [-0.4, -0.2) is 52.6 Å². The fraction of sp³-hybridized carbons (Fsp3) is 0.407. The van der Waals surface area contributed by atoms with Crippen molar-refractivity contribution in [2.45, 2.75) is 53.1 Å². The van der Waals surface area contributed by atoms with Crippen molar-refractivity contribution in [3.05, 3.63) is 70.8 Å². The topological polar surface area (TPSA) is 86.8 Å². The van der Waals surface area contributed by atoms with Gasteiger partial charge in [-0.3, -0.25) is 24.1 Å². The number of hydrogen-bond acceptors (Lipinski definition) is 4. The van der Waals surface area contributed by atoms with E-state index in [4.69, 9.17) is 0 Å². The van der Waals surface area contributed by atoms with Gasteiger partial charge in [-0.05, 0) is 43.9 Å². The number of carbonyl (C=O) groups is 4. The predicted molar refractivity (Wildman–Crippen MR) is 130 cm³/mol. The average molecular weight is 464 g/mol. The number of aryl methyl sites for hydroxylation is 1. The molecule has 1 aliphatic heterocycles. The van der Waals surface area contributed by atoms with Gasteiger partial charge in [0.2, 0.25) is 11.8 Å². The van der Waals surface area contributed by atoms with Crippen molar-refractivity contribution in [1.29, 1.82) is 0 Å². The van der Waals surface area contributed by atoms with Gasteiger partial charge in [-0.15, -0.1) is 0 Å². The molecule has 180 valence electrons. The number of nitrogens with zero attached hydrogens (tertiary/aromatic N) is 2. The molecule has 7 nitrogen and oxygen atoms in total. The van der Waals surface area contributed by atoms with Crippen molar-refractivity contribution in [3.63, 3.8) is 0 Å². The molecular weight excluding hydrogens is 430 g/mol. The summed E-state index contributed by atoms with van der Waals surface area (Å²) in [6, 6.07) is 13.9. The standard InChI is InChI=1S/C27H33N3O4/c1-18(2)16-28-25(32)20(4)30(17-21-10-7-9-19(3)15-21)24(31)13-8-14-29-26(33)22-11-5-6-12-23(22)27(29)34/h5-7,9-12,15,18,20H,8,13-14,16-17H2,1-4H3,(H,28,32)/t20-/m0/s1. The van der Waals surface area contributed by atoms with Crippen LogP contribution in [0.3, 0.4) is 0 Å². The van der Waals surface area contributed by atoms with Crippen LogP contribution in [0, 0.1) is 12.8 Å². The van der Waals surface area contributed by atoms with Gasteiger partial charge in [0.15, 0.2) is 0 Å². The van der Waals surface area contributed by atoms with E-state index < -0.39 is 6.04 Å². The second kappa shape index (κ2) is 11.1. The average Bonchev–Trinajstić information content (AvgIpc) is 3.05. The van der Waals surface area contributed by atoms with Crippen LogP contribution in [-0.2, 0) is 16.1 Å². The van der Waals surface area contributed by atoms with Crippen LogP contribution in [0.15, 0.2) is 48.5 Å². The van der Waals surface area contributed by atoms with Crippen molar-refractivity contribution in [1.82, 2.24) is 15.1 Å². The molecule has 2 aromatic carbocycles. The summed E-state index contributed by atoms with van der Waals surface area (Å²) in [5.74, 6) is -0.741. The molecule has 0 saturated carbocycles. The number of imide groups is 1. The largest absolute Gasteiger partial charge is 0.354 e. The Morgan fingerprint density at radius 3 is 2.21 bits per heavy atom. The lowest BCUT2D eigenvalue weighted by molar-refractivity contribution is -0.140. The van der Waals surface area contributed by atoms with Crippen molar-refractivity contribution in [2.75, 3.05) is 13.1 Å². The third kappa shape index (κ3) is 5.90. The lowest BCUT2D eigenvalue weighted by Gasteiger charge is -2.29. The van der Waals surface area contributed by atoms with Crippen LogP contribution < -0.4 is 5.32 Å². The third-order valence-corrected chi connectivity index (χ3v) is 5.94. The zero-order chi connectivity index (χ0) is 24.8. The molecule has 1 N–H and O–H groups in total. The van der Waals surface area contributed by atoms with E-state index in [1.165, 1.54) is 4.90 Å². The van der Waals surface area contributed by atoms with E-state index in [0.29, 0.717) is 36.6 Å². The van der Waals surface area contributed by atoms with Gasteiger partial charge < -0.3 is 10.2 Å². The summed E-state index contributed by atoms with van der Waals surface area (Å²) in [7, 11) is 0. The molecule has 4 amide bonds. The van der Waals surface area contributed by atoms with Crippen molar-refractivity contribution in [3.8, 4) is 0 Å². The van der Waals surface area contributed by atoms with Gasteiger partial charge in [0.05, 0.1) is 11.1 Å². The van der Waals surface area contributed by atoms with Gasteiger partial charge in [0.25, 0.3) is 11.8 Å². The van der Waals surface area contributed by atoms with Gasteiger partial charge in [-0.25, -0.2) is 0 Å². The molecule has 1 atom stereocenters. The minimum Gasteiger partial charge on any atom is -0.354 e. The molecule has 0 fully saturated rings. The number of amides is 4.